The van der Waals surface area contributed by atoms with E-state index in [0.29, 0.717) is 0 Å². The van der Waals surface area contributed by atoms with E-state index in [1.165, 1.54) is 0 Å². The van der Waals surface area contributed by atoms with Gasteiger partial charge in [0.1, 0.15) is 0 Å². The van der Waals surface area contributed by atoms with Crippen LogP contribution in [0.3, 0.4) is 0 Å². The zero-order chi connectivity index (χ0) is 12.1. The average molecular weight is 280 g/mol. The molecule has 0 saturated heterocycles. The molecule has 3 nitrogen and oxygen atoms in total. The van der Waals surface area contributed by atoms with Crippen LogP contribution in [0.5, 0.6) is 0 Å². The maximum absolute atomic E-state index is 5.81. The van der Waals surface area contributed by atoms with Crippen molar-refractivity contribution in [1.82, 2.24) is 0 Å². The summed E-state index contributed by atoms with van der Waals surface area (Å²) < 4.78 is 17.2. The second-order valence-corrected chi connectivity index (χ2v) is 17.1. The van der Waals surface area contributed by atoms with Gasteiger partial charge in [-0.15, -0.1) is 0 Å². The average Bonchev–Trinajstić information content (AvgIpc) is 1.98. The molecule has 0 saturated carbocycles. The summed E-state index contributed by atoms with van der Waals surface area (Å²) in [4.78, 5) is 0. The van der Waals surface area contributed by atoms with Crippen molar-refractivity contribution in [2.24, 2.45) is 0 Å². The molecule has 15 heavy (non-hydrogen) atoms. The van der Waals surface area contributed by atoms with Crippen molar-refractivity contribution in [1.29, 1.82) is 0 Å². The highest BCUT2D eigenvalue weighted by molar-refractivity contribution is 6.75. The van der Waals surface area contributed by atoms with Gasteiger partial charge in [0.15, 0.2) is 8.32 Å². The van der Waals surface area contributed by atoms with E-state index in [4.69, 9.17) is 12.7 Å². The van der Waals surface area contributed by atoms with Gasteiger partial charge in [-0.1, -0.05) is 13.1 Å². The van der Waals surface area contributed by atoms with Crippen molar-refractivity contribution in [3.05, 3.63) is 0 Å². The molecule has 0 bridgehead atoms. The van der Waals surface area contributed by atoms with Crippen LogP contribution in [0.15, 0.2) is 0 Å². The largest absolute Gasteiger partial charge is 0.435 e. The Morgan fingerprint density at radius 2 is 1.53 bits per heavy atom. The summed E-state index contributed by atoms with van der Waals surface area (Å²) in [5.41, 5.74) is 0. The lowest BCUT2D eigenvalue weighted by atomic mass is 11.7. The van der Waals surface area contributed by atoms with E-state index in [1.54, 1.807) is 0 Å². The maximum atomic E-state index is 5.81. The first kappa shape index (κ1) is 15.7. The summed E-state index contributed by atoms with van der Waals surface area (Å²) >= 11 is 0. The van der Waals surface area contributed by atoms with Crippen LogP contribution < -0.4 is 0 Å². The number of rotatable bonds is 7. The Morgan fingerprint density at radius 3 is 1.93 bits per heavy atom. The smallest absolute Gasteiger partial charge is 0.411 e. The van der Waals surface area contributed by atoms with E-state index in [1.807, 2.05) is 0 Å². The molecule has 7 heteroatoms. The first-order valence-corrected chi connectivity index (χ1v) is 14.9. The molecule has 0 aliphatic heterocycles. The Balaban J connectivity index is 3.74. The molecular formula is C8H23O3Si4. The Hall–Kier alpha value is 0.748. The van der Waals surface area contributed by atoms with Crippen LogP contribution in [-0.2, 0) is 12.7 Å². The van der Waals surface area contributed by atoms with Gasteiger partial charge in [0.05, 0.1) is 8.80 Å². The van der Waals surface area contributed by atoms with Crippen LogP contribution in [0.2, 0.25) is 45.8 Å². The van der Waals surface area contributed by atoms with Gasteiger partial charge < -0.3 is 12.7 Å². The van der Waals surface area contributed by atoms with Crippen molar-refractivity contribution >= 4 is 35.7 Å². The molecule has 0 aromatic rings. The fourth-order valence-electron chi connectivity index (χ4n) is 0.594. The van der Waals surface area contributed by atoms with Gasteiger partial charge in [0.25, 0.3) is 0 Å². The minimum absolute atomic E-state index is 0.148. The van der Waals surface area contributed by atoms with E-state index in [-0.39, 0.29) is 18.8 Å². The molecule has 0 spiro atoms. The standard InChI is InChI=1S/C8H23O3Si4/c1-13(2)8-9-15(6,7)11-12-10-14(3,4)5/h8H2,1-7H3. The minimum atomic E-state index is -1.93. The lowest BCUT2D eigenvalue weighted by Crippen LogP contribution is -2.41. The van der Waals surface area contributed by atoms with E-state index >= 15 is 0 Å². The lowest BCUT2D eigenvalue weighted by Gasteiger charge is -2.25. The Bertz CT molecular complexity index is 179. The summed E-state index contributed by atoms with van der Waals surface area (Å²) in [5.74, 6) is 0. The molecule has 0 fully saturated rings. The normalized spacial score (nSPS) is 13.6. The first-order chi connectivity index (χ1) is 6.62. The molecule has 0 rings (SSSR count). The highest BCUT2D eigenvalue weighted by Crippen LogP contribution is 2.08. The van der Waals surface area contributed by atoms with Crippen LogP contribution in [0, 0.1) is 0 Å². The molecule has 0 aromatic heterocycles. The molecule has 0 aliphatic rings. The van der Waals surface area contributed by atoms with Gasteiger partial charge in [-0.2, -0.15) is 0 Å². The fourth-order valence-corrected chi connectivity index (χ4v) is 5.72. The molecule has 0 heterocycles. The van der Waals surface area contributed by atoms with Gasteiger partial charge in [-0.3, -0.25) is 0 Å². The van der Waals surface area contributed by atoms with Crippen molar-refractivity contribution in [2.75, 3.05) is 6.23 Å². The summed E-state index contributed by atoms with van der Waals surface area (Å²) in [6, 6.07) is 0. The van der Waals surface area contributed by atoms with E-state index in [2.05, 4.69) is 45.8 Å². The van der Waals surface area contributed by atoms with Crippen LogP contribution >= 0.6 is 0 Å². The molecule has 89 valence electrons. The second kappa shape index (κ2) is 6.47. The topological polar surface area (TPSA) is 27.7 Å². The third kappa shape index (κ3) is 11.0. The number of hydrogen-bond acceptors (Lipinski definition) is 3. The third-order valence-electron chi connectivity index (χ3n) is 1.34. The molecule has 0 amide bonds. The zero-order valence-corrected chi connectivity index (χ0v) is 14.9. The van der Waals surface area contributed by atoms with Gasteiger partial charge in [-0.25, -0.2) is 0 Å². The van der Waals surface area contributed by atoms with E-state index < -0.39 is 16.9 Å². The van der Waals surface area contributed by atoms with Crippen molar-refractivity contribution < 1.29 is 12.7 Å². The van der Waals surface area contributed by atoms with Gasteiger partial charge in [-0.05, 0) is 32.7 Å². The molecular weight excluding hydrogens is 256 g/mol. The maximum Gasteiger partial charge on any atom is 0.411 e. The third-order valence-corrected chi connectivity index (χ3v) is 8.28. The van der Waals surface area contributed by atoms with Gasteiger partial charge in [0, 0.05) is 6.23 Å². The molecule has 0 aromatic carbocycles. The highest BCUT2D eigenvalue weighted by Gasteiger charge is 2.27. The number of hydrogen-bond donors (Lipinski definition) is 0. The second-order valence-electron chi connectivity index (χ2n) is 5.30. The van der Waals surface area contributed by atoms with Gasteiger partial charge in [0.2, 0.25) is 0 Å². The molecule has 0 aliphatic carbocycles. The predicted molar refractivity (Wildman–Crippen MR) is 72.2 cm³/mol. The lowest BCUT2D eigenvalue weighted by molar-refractivity contribution is 0.282. The highest BCUT2D eigenvalue weighted by atomic mass is 28.4. The van der Waals surface area contributed by atoms with E-state index in [9.17, 15) is 0 Å². The molecule has 0 unspecified atom stereocenters. The zero-order valence-electron chi connectivity index (χ0n) is 10.9. The summed E-state index contributed by atoms with van der Waals surface area (Å²) in [7, 11) is -3.54. The van der Waals surface area contributed by atoms with Crippen LogP contribution in [0.4, 0.5) is 0 Å². The molecule has 0 atom stereocenters. The quantitative estimate of drug-likeness (QED) is 0.670. The van der Waals surface area contributed by atoms with Gasteiger partial charge >= 0.3 is 18.6 Å². The first-order valence-electron chi connectivity index (χ1n) is 5.16. The Morgan fingerprint density at radius 1 is 1.00 bits per heavy atom. The summed E-state index contributed by atoms with van der Waals surface area (Å²) in [6.07, 6.45) is 0.876. The van der Waals surface area contributed by atoms with Crippen LogP contribution in [0.25, 0.3) is 0 Å². The molecule has 0 N–H and O–H groups in total. The fraction of sp³-hybridized carbons (Fsp3) is 1.00. The molecule has 3 radical (unpaired) electrons. The van der Waals surface area contributed by atoms with Crippen molar-refractivity contribution in [2.45, 2.75) is 45.8 Å². The Labute approximate surface area is 101 Å². The monoisotopic (exact) mass is 279 g/mol. The Kier molecular flexibility index (Phi) is 6.80. The minimum Gasteiger partial charge on any atom is -0.435 e. The van der Waals surface area contributed by atoms with Crippen molar-refractivity contribution in [3.8, 4) is 0 Å². The predicted octanol–water partition coefficient (Wildman–Crippen LogP) is 2.40. The SMILES string of the molecule is C[Si](C)CO[Si](C)(C)O[Si]O[Si](C)(C)C. The van der Waals surface area contributed by atoms with E-state index in [0.717, 1.165) is 6.23 Å². The summed E-state index contributed by atoms with van der Waals surface area (Å²) in [5, 5.41) is 0. The van der Waals surface area contributed by atoms with Crippen LogP contribution in [0.1, 0.15) is 0 Å². The van der Waals surface area contributed by atoms with Crippen molar-refractivity contribution in [3.63, 3.8) is 0 Å². The van der Waals surface area contributed by atoms with Crippen LogP contribution in [-0.4, -0.2) is 41.9 Å². The summed E-state index contributed by atoms with van der Waals surface area (Å²) in [6.45, 7) is 15.1.